The summed E-state index contributed by atoms with van der Waals surface area (Å²) in [7, 11) is -6.17. The number of benzene rings is 3. The number of hydrogen-bond donors (Lipinski definition) is 2. The lowest BCUT2D eigenvalue weighted by molar-refractivity contribution is -0.401. The summed E-state index contributed by atoms with van der Waals surface area (Å²) >= 11 is 0. The molecule has 1 aliphatic rings. The Morgan fingerprint density at radius 2 is 1.60 bits per heavy atom. The maximum absolute atomic E-state index is 13.0. The van der Waals surface area contributed by atoms with Gasteiger partial charge in [-0.3, -0.25) is 4.72 Å². The number of para-hydroxylation sites is 2. The van der Waals surface area contributed by atoms with Crippen LogP contribution in [0.15, 0.2) is 82.6 Å². The zero-order chi connectivity index (χ0) is 21.5. The summed E-state index contributed by atoms with van der Waals surface area (Å²) in [5, 5.41) is 5.21. The van der Waals surface area contributed by atoms with Gasteiger partial charge in [0.2, 0.25) is 15.7 Å². The van der Waals surface area contributed by atoms with Crippen LogP contribution in [0.5, 0.6) is 0 Å². The molecule has 1 aliphatic heterocycles. The molecule has 0 radical (unpaired) electrons. The highest BCUT2D eigenvalue weighted by Gasteiger charge is 2.29. The number of nitrogens with two attached hydrogens (primary N) is 1. The minimum absolute atomic E-state index is 0.0288. The fraction of sp³-hybridized carbons (Fsp3) is 0.0952. The van der Waals surface area contributed by atoms with Crippen LogP contribution in [0.2, 0.25) is 0 Å². The first-order chi connectivity index (χ1) is 14.2. The van der Waals surface area contributed by atoms with Gasteiger partial charge in [0.05, 0.1) is 17.0 Å². The van der Waals surface area contributed by atoms with Crippen LogP contribution in [0.25, 0.3) is 0 Å². The maximum Gasteiger partial charge on any atom is 0.261 e. The Hall–Kier alpha value is -3.01. The van der Waals surface area contributed by atoms with Gasteiger partial charge >= 0.3 is 0 Å². The molecule has 0 aromatic heterocycles. The Morgan fingerprint density at radius 1 is 0.900 bits per heavy atom. The van der Waals surface area contributed by atoms with Crippen molar-refractivity contribution in [2.75, 3.05) is 11.8 Å². The van der Waals surface area contributed by atoms with Gasteiger partial charge in [-0.2, -0.15) is 4.58 Å². The number of hydrogen-bond acceptors (Lipinski definition) is 4. The molecule has 154 valence electrons. The van der Waals surface area contributed by atoms with Gasteiger partial charge in [0.15, 0.2) is 5.71 Å². The Balaban J connectivity index is 1.71. The number of nitrogens with one attached hydrogen (secondary N) is 1. The van der Waals surface area contributed by atoms with E-state index in [1.165, 1.54) is 35.9 Å². The third kappa shape index (κ3) is 3.74. The Morgan fingerprint density at radius 3 is 2.33 bits per heavy atom. The number of rotatable bonds is 5. The van der Waals surface area contributed by atoms with Crippen LogP contribution in [-0.2, 0) is 26.5 Å². The van der Waals surface area contributed by atoms with Crippen LogP contribution >= 0.6 is 0 Å². The molecule has 3 aromatic carbocycles. The topological polar surface area (TPSA) is 109 Å². The molecule has 4 rings (SSSR count). The Labute approximate surface area is 175 Å². The van der Waals surface area contributed by atoms with E-state index in [1.807, 2.05) is 42.0 Å². The number of primary sulfonamides is 1. The first kappa shape index (κ1) is 20.3. The molecule has 3 aromatic rings. The fourth-order valence-electron chi connectivity index (χ4n) is 3.57. The predicted octanol–water partition coefficient (Wildman–Crippen LogP) is 2.45. The van der Waals surface area contributed by atoms with E-state index in [2.05, 4.69) is 4.72 Å². The number of anilines is 1. The minimum Gasteiger partial charge on any atom is -0.278 e. The average Bonchev–Trinajstić information content (AvgIpc) is 3.04. The quantitative estimate of drug-likeness (QED) is 0.592. The normalized spacial score (nSPS) is 13.9. The summed E-state index contributed by atoms with van der Waals surface area (Å²) in [5.41, 5.74) is 3.92. The van der Waals surface area contributed by atoms with E-state index in [0.29, 0.717) is 6.42 Å². The number of sulfonamides is 2. The molecule has 0 fully saturated rings. The summed E-state index contributed by atoms with van der Waals surface area (Å²) < 4.78 is 53.9. The fourth-order valence-corrected chi connectivity index (χ4v) is 5.46. The molecule has 0 aliphatic carbocycles. The first-order valence-corrected chi connectivity index (χ1v) is 12.1. The molecular weight excluding hydrogens is 422 g/mol. The van der Waals surface area contributed by atoms with Crippen LogP contribution in [0.4, 0.5) is 11.4 Å². The summed E-state index contributed by atoms with van der Waals surface area (Å²) in [6, 6.07) is 20.2. The van der Waals surface area contributed by atoms with Gasteiger partial charge in [0, 0.05) is 17.2 Å². The molecule has 7 nitrogen and oxygen atoms in total. The van der Waals surface area contributed by atoms with E-state index in [-0.39, 0.29) is 15.5 Å². The summed E-state index contributed by atoms with van der Waals surface area (Å²) in [5.74, 6) is 0. The van der Waals surface area contributed by atoms with Gasteiger partial charge in [-0.25, -0.2) is 22.0 Å². The number of fused-ring (bicyclic) bond motifs is 1. The monoisotopic (exact) mass is 442 g/mol. The second kappa shape index (κ2) is 7.35. The van der Waals surface area contributed by atoms with Gasteiger partial charge in [-0.15, -0.1) is 0 Å². The van der Waals surface area contributed by atoms with Crippen LogP contribution in [0.3, 0.4) is 0 Å². The van der Waals surface area contributed by atoms with Crippen molar-refractivity contribution in [1.82, 2.24) is 0 Å². The standard InChI is InChI=1S/C21H20N3O4S2/c1-24-19-11-4-2-7-16(19)14-20(24)15-8-6-9-17(13-15)30(27,28)23-18-10-3-5-12-21(18)29(22,25)26/h2-13,23H,14H2,1H3,(H2,22,25,26)/q+1. The third-order valence-electron chi connectivity index (χ3n) is 5.03. The van der Waals surface area contributed by atoms with E-state index < -0.39 is 20.0 Å². The van der Waals surface area contributed by atoms with Gasteiger partial charge in [-0.1, -0.05) is 36.4 Å². The largest absolute Gasteiger partial charge is 0.278 e. The van der Waals surface area contributed by atoms with Crippen molar-refractivity contribution in [3.8, 4) is 0 Å². The van der Waals surface area contributed by atoms with E-state index in [1.54, 1.807) is 12.1 Å². The van der Waals surface area contributed by atoms with E-state index >= 15 is 0 Å². The van der Waals surface area contributed by atoms with Crippen molar-refractivity contribution in [3.05, 3.63) is 83.9 Å². The smallest absolute Gasteiger partial charge is 0.261 e. The zero-order valence-corrected chi connectivity index (χ0v) is 17.7. The zero-order valence-electron chi connectivity index (χ0n) is 16.1. The van der Waals surface area contributed by atoms with E-state index in [4.69, 9.17) is 5.14 Å². The molecule has 3 N–H and O–H groups in total. The summed E-state index contributed by atoms with van der Waals surface area (Å²) in [6.07, 6.45) is 0.692. The molecule has 0 saturated heterocycles. The second-order valence-electron chi connectivity index (χ2n) is 6.99. The molecule has 0 amide bonds. The number of nitrogens with zero attached hydrogens (tertiary/aromatic N) is 1. The lowest BCUT2D eigenvalue weighted by Crippen LogP contribution is -2.19. The highest BCUT2D eigenvalue weighted by molar-refractivity contribution is 7.93. The maximum atomic E-state index is 13.0. The van der Waals surface area contributed by atoms with Crippen molar-refractivity contribution < 1.29 is 21.4 Å². The van der Waals surface area contributed by atoms with Crippen molar-refractivity contribution >= 4 is 37.1 Å². The molecule has 0 spiro atoms. The molecule has 0 saturated carbocycles. The highest BCUT2D eigenvalue weighted by atomic mass is 32.2. The second-order valence-corrected chi connectivity index (χ2v) is 10.2. The van der Waals surface area contributed by atoms with Gasteiger partial charge in [0.1, 0.15) is 11.9 Å². The molecule has 0 bridgehead atoms. The molecule has 0 atom stereocenters. The van der Waals surface area contributed by atoms with Crippen molar-refractivity contribution in [3.63, 3.8) is 0 Å². The SMILES string of the molecule is C[N+]1=C(c2cccc(S(=O)(=O)Nc3ccccc3S(N)(=O)=O)c2)Cc2ccccc21. The van der Waals surface area contributed by atoms with Crippen molar-refractivity contribution in [2.45, 2.75) is 16.2 Å². The molecular formula is C21H20N3O4S2+. The Kier molecular flexibility index (Phi) is 4.97. The van der Waals surface area contributed by atoms with Gasteiger partial charge in [-0.05, 0) is 30.3 Å². The summed E-state index contributed by atoms with van der Waals surface area (Å²) in [6.45, 7) is 0. The predicted molar refractivity (Wildman–Crippen MR) is 115 cm³/mol. The molecule has 0 unspecified atom stereocenters. The molecule has 1 heterocycles. The van der Waals surface area contributed by atoms with Crippen LogP contribution < -0.4 is 9.86 Å². The van der Waals surface area contributed by atoms with Crippen LogP contribution in [0, 0.1) is 0 Å². The molecule has 9 heteroatoms. The van der Waals surface area contributed by atoms with Crippen LogP contribution in [0.1, 0.15) is 11.1 Å². The highest BCUT2D eigenvalue weighted by Crippen LogP contribution is 2.28. The lowest BCUT2D eigenvalue weighted by atomic mass is 10.0. The minimum atomic E-state index is -4.08. The van der Waals surface area contributed by atoms with Crippen LogP contribution in [-0.4, -0.2) is 34.2 Å². The molecule has 30 heavy (non-hydrogen) atoms. The lowest BCUT2D eigenvalue weighted by Gasteiger charge is -2.12. The summed E-state index contributed by atoms with van der Waals surface area (Å²) in [4.78, 5) is -0.258. The van der Waals surface area contributed by atoms with E-state index in [0.717, 1.165) is 17.0 Å². The average molecular weight is 443 g/mol. The van der Waals surface area contributed by atoms with Crippen molar-refractivity contribution in [2.24, 2.45) is 5.14 Å². The Bertz CT molecular complexity index is 1400. The van der Waals surface area contributed by atoms with E-state index in [9.17, 15) is 16.8 Å². The first-order valence-electron chi connectivity index (χ1n) is 9.09. The van der Waals surface area contributed by atoms with Gasteiger partial charge in [0.25, 0.3) is 10.0 Å². The van der Waals surface area contributed by atoms with Gasteiger partial charge < -0.3 is 0 Å². The van der Waals surface area contributed by atoms with Crippen molar-refractivity contribution in [1.29, 1.82) is 0 Å². The third-order valence-corrected chi connectivity index (χ3v) is 7.36.